The number of nitrogens with one attached hydrogen (secondary N) is 1. The molecular formula is C26H26N2O2. The molecule has 4 rings (SSSR count). The van der Waals surface area contributed by atoms with Crippen LogP contribution in [-0.2, 0) is 17.8 Å². The highest BCUT2D eigenvalue weighted by molar-refractivity contribution is 5.83. The molecule has 1 amide bonds. The topological polar surface area (TPSA) is 45.3 Å². The van der Waals surface area contributed by atoms with E-state index in [1.807, 2.05) is 90.8 Å². The number of aromatic nitrogens is 1. The van der Waals surface area contributed by atoms with Crippen LogP contribution < -0.4 is 0 Å². The first-order valence-corrected chi connectivity index (χ1v) is 10.3. The van der Waals surface area contributed by atoms with E-state index >= 15 is 0 Å². The first kappa shape index (κ1) is 19.8. The van der Waals surface area contributed by atoms with Crippen molar-refractivity contribution in [3.63, 3.8) is 0 Å². The van der Waals surface area contributed by atoms with Crippen LogP contribution >= 0.6 is 0 Å². The molecule has 0 bridgehead atoms. The Morgan fingerprint density at radius 1 is 0.933 bits per heavy atom. The summed E-state index contributed by atoms with van der Waals surface area (Å²) in [5, 5.41) is 1.20. The first-order valence-electron chi connectivity index (χ1n) is 10.3. The summed E-state index contributed by atoms with van der Waals surface area (Å²) in [6.45, 7) is 2.89. The number of para-hydroxylation sites is 1. The van der Waals surface area contributed by atoms with Gasteiger partial charge in [-0.3, -0.25) is 0 Å². The molecule has 3 aromatic carbocycles. The minimum atomic E-state index is -0.296. The van der Waals surface area contributed by atoms with E-state index in [4.69, 9.17) is 4.74 Å². The zero-order chi connectivity index (χ0) is 20.8. The van der Waals surface area contributed by atoms with Gasteiger partial charge in [0.05, 0.1) is 6.04 Å². The molecule has 0 saturated carbocycles. The number of H-pyrrole nitrogens is 1. The molecule has 0 aliphatic heterocycles. The fourth-order valence-electron chi connectivity index (χ4n) is 3.74. The van der Waals surface area contributed by atoms with Crippen molar-refractivity contribution < 1.29 is 9.53 Å². The maximum absolute atomic E-state index is 13.1. The number of carbonyl (C=O) groups excluding carboxylic acids is 1. The van der Waals surface area contributed by atoms with Crippen LogP contribution in [0.5, 0.6) is 0 Å². The van der Waals surface area contributed by atoms with Crippen molar-refractivity contribution in [1.82, 2.24) is 9.88 Å². The second kappa shape index (κ2) is 9.31. The third-order valence-electron chi connectivity index (χ3n) is 5.49. The van der Waals surface area contributed by atoms with E-state index in [1.165, 1.54) is 10.9 Å². The van der Waals surface area contributed by atoms with Crippen molar-refractivity contribution in [2.45, 2.75) is 26.0 Å². The Morgan fingerprint density at radius 2 is 1.60 bits per heavy atom. The predicted molar refractivity (Wildman–Crippen MR) is 120 cm³/mol. The summed E-state index contributed by atoms with van der Waals surface area (Å²) >= 11 is 0. The Labute approximate surface area is 177 Å². The van der Waals surface area contributed by atoms with Gasteiger partial charge in [-0.25, -0.2) is 4.79 Å². The quantitative estimate of drug-likeness (QED) is 0.408. The minimum absolute atomic E-state index is 0.0836. The van der Waals surface area contributed by atoms with E-state index in [-0.39, 0.29) is 18.7 Å². The average Bonchev–Trinajstić information content (AvgIpc) is 3.22. The fraction of sp³-hybridized carbons (Fsp3) is 0.192. The van der Waals surface area contributed by atoms with Crippen molar-refractivity contribution in [3.05, 3.63) is 108 Å². The molecule has 0 aliphatic carbocycles. The molecule has 4 aromatic rings. The Morgan fingerprint density at radius 3 is 2.37 bits per heavy atom. The maximum atomic E-state index is 13.1. The SMILES string of the molecule is C[C@@H](c1ccccc1)N(CCc1c[nH]c2ccccc12)C(=O)OCc1ccccc1. The lowest BCUT2D eigenvalue weighted by Gasteiger charge is -2.29. The van der Waals surface area contributed by atoms with Gasteiger partial charge in [-0.1, -0.05) is 78.9 Å². The van der Waals surface area contributed by atoms with E-state index in [0.29, 0.717) is 6.54 Å². The summed E-state index contributed by atoms with van der Waals surface area (Å²) in [6.07, 6.45) is 2.49. The van der Waals surface area contributed by atoms with Gasteiger partial charge in [0.1, 0.15) is 6.61 Å². The summed E-state index contributed by atoms with van der Waals surface area (Å²) in [5.41, 5.74) is 4.39. The van der Waals surface area contributed by atoms with E-state index in [9.17, 15) is 4.79 Å². The smallest absolute Gasteiger partial charge is 0.410 e. The number of aromatic amines is 1. The van der Waals surface area contributed by atoms with Crippen LogP contribution in [0.4, 0.5) is 4.79 Å². The highest BCUT2D eigenvalue weighted by Gasteiger charge is 2.23. The van der Waals surface area contributed by atoms with Crippen LogP contribution in [0.1, 0.15) is 29.7 Å². The first-order chi connectivity index (χ1) is 14.7. The van der Waals surface area contributed by atoms with E-state index < -0.39 is 0 Å². The van der Waals surface area contributed by atoms with E-state index in [1.54, 1.807) is 0 Å². The van der Waals surface area contributed by atoms with Crippen LogP contribution in [0.15, 0.2) is 91.1 Å². The monoisotopic (exact) mass is 398 g/mol. The van der Waals surface area contributed by atoms with Gasteiger partial charge in [-0.2, -0.15) is 0 Å². The highest BCUT2D eigenvalue weighted by atomic mass is 16.6. The van der Waals surface area contributed by atoms with Crippen molar-refractivity contribution in [2.24, 2.45) is 0 Å². The normalized spacial score (nSPS) is 11.9. The summed E-state index contributed by atoms with van der Waals surface area (Å²) in [6, 6.07) is 28.0. The Kier molecular flexibility index (Phi) is 6.14. The zero-order valence-corrected chi connectivity index (χ0v) is 17.1. The third kappa shape index (κ3) is 4.54. The number of benzene rings is 3. The molecule has 0 unspecified atom stereocenters. The van der Waals surface area contributed by atoms with E-state index in [0.717, 1.165) is 23.1 Å². The number of amides is 1. The molecule has 1 N–H and O–H groups in total. The van der Waals surface area contributed by atoms with Crippen LogP contribution in [0, 0.1) is 0 Å². The summed E-state index contributed by atoms with van der Waals surface area (Å²) in [4.78, 5) is 18.2. The van der Waals surface area contributed by atoms with Crippen LogP contribution in [0.2, 0.25) is 0 Å². The number of carbonyl (C=O) groups is 1. The van der Waals surface area contributed by atoms with Gasteiger partial charge in [0.25, 0.3) is 0 Å². The lowest BCUT2D eigenvalue weighted by molar-refractivity contribution is 0.0834. The van der Waals surface area contributed by atoms with Crippen molar-refractivity contribution in [3.8, 4) is 0 Å². The zero-order valence-electron chi connectivity index (χ0n) is 17.1. The van der Waals surface area contributed by atoms with Gasteiger partial charge in [0.2, 0.25) is 0 Å². The molecule has 0 spiro atoms. The Bertz CT molecular complexity index is 1090. The van der Waals surface area contributed by atoms with Gasteiger partial charge in [-0.15, -0.1) is 0 Å². The Hall–Kier alpha value is -3.53. The number of nitrogens with zero attached hydrogens (tertiary/aromatic N) is 1. The highest BCUT2D eigenvalue weighted by Crippen LogP contribution is 2.24. The molecule has 0 saturated heterocycles. The number of fused-ring (bicyclic) bond motifs is 1. The van der Waals surface area contributed by atoms with Crippen LogP contribution in [-0.4, -0.2) is 22.5 Å². The third-order valence-corrected chi connectivity index (χ3v) is 5.49. The van der Waals surface area contributed by atoms with Crippen molar-refractivity contribution in [2.75, 3.05) is 6.54 Å². The molecule has 4 nitrogen and oxygen atoms in total. The number of ether oxygens (including phenoxy) is 1. The minimum Gasteiger partial charge on any atom is -0.445 e. The number of hydrogen-bond acceptors (Lipinski definition) is 2. The van der Waals surface area contributed by atoms with Gasteiger partial charge >= 0.3 is 6.09 Å². The number of hydrogen-bond donors (Lipinski definition) is 1. The van der Waals surface area contributed by atoms with Crippen molar-refractivity contribution in [1.29, 1.82) is 0 Å². The van der Waals surface area contributed by atoms with E-state index in [2.05, 4.69) is 17.1 Å². The van der Waals surface area contributed by atoms with Gasteiger partial charge in [-0.05, 0) is 36.1 Å². The fourth-order valence-corrected chi connectivity index (χ4v) is 3.74. The largest absolute Gasteiger partial charge is 0.445 e. The lowest BCUT2D eigenvalue weighted by atomic mass is 10.1. The molecule has 0 radical (unpaired) electrons. The molecular weight excluding hydrogens is 372 g/mol. The average molecular weight is 399 g/mol. The second-order valence-corrected chi connectivity index (χ2v) is 7.43. The molecule has 0 fully saturated rings. The number of rotatable bonds is 7. The molecule has 30 heavy (non-hydrogen) atoms. The maximum Gasteiger partial charge on any atom is 0.410 e. The standard InChI is InChI=1S/C26H26N2O2/c1-20(22-12-6-3-7-13-22)28(26(29)30-19-21-10-4-2-5-11-21)17-16-23-18-27-25-15-9-8-14-24(23)25/h2-15,18,20,27H,16-17,19H2,1H3/t20-/m0/s1. The van der Waals surface area contributed by atoms with Gasteiger partial charge in [0, 0.05) is 23.6 Å². The molecule has 4 heteroatoms. The Balaban J connectivity index is 1.51. The van der Waals surface area contributed by atoms with Crippen molar-refractivity contribution >= 4 is 17.0 Å². The summed E-state index contributed by atoms with van der Waals surface area (Å²) in [7, 11) is 0. The molecule has 1 heterocycles. The van der Waals surface area contributed by atoms with Crippen LogP contribution in [0.25, 0.3) is 10.9 Å². The lowest BCUT2D eigenvalue weighted by Crippen LogP contribution is -2.35. The molecule has 152 valence electrons. The van der Waals surface area contributed by atoms with Gasteiger partial charge in [0.15, 0.2) is 0 Å². The summed E-state index contributed by atoms with van der Waals surface area (Å²) in [5.74, 6) is 0. The summed E-state index contributed by atoms with van der Waals surface area (Å²) < 4.78 is 5.67. The van der Waals surface area contributed by atoms with Gasteiger partial charge < -0.3 is 14.6 Å². The second-order valence-electron chi connectivity index (χ2n) is 7.43. The molecule has 0 aliphatic rings. The predicted octanol–water partition coefficient (Wildman–Crippen LogP) is 6.11. The molecule has 1 aromatic heterocycles. The molecule has 1 atom stereocenters. The van der Waals surface area contributed by atoms with Crippen LogP contribution in [0.3, 0.4) is 0 Å².